The molecule has 0 spiro atoms. The van der Waals surface area contributed by atoms with Gasteiger partial charge in [0.05, 0.1) is 38.1 Å². The number of alkyl halides is 3. The largest absolute Gasteiger partial charge is 0.493 e. The van der Waals surface area contributed by atoms with Crippen LogP contribution in [0.3, 0.4) is 0 Å². The molecule has 3 aromatic rings. The van der Waals surface area contributed by atoms with Crippen molar-refractivity contribution in [3.63, 3.8) is 0 Å². The molecule has 0 fully saturated rings. The molecule has 1 amide bonds. The highest BCUT2D eigenvalue weighted by Gasteiger charge is 2.47. The third-order valence-corrected chi connectivity index (χ3v) is 5.56. The first-order valence-electron chi connectivity index (χ1n) is 10.2. The molecule has 2 aromatic carbocycles. The molecule has 1 aromatic heterocycles. The Hall–Kier alpha value is -4.20. The highest BCUT2D eigenvalue weighted by atomic mass is 19.4. The molecule has 1 aliphatic heterocycles. The monoisotopic (exact) mass is 471 g/mol. The third kappa shape index (κ3) is 4.34. The molecular formula is C23H20F3N5O3. The summed E-state index contributed by atoms with van der Waals surface area (Å²) in [4.78, 5) is 12.9. The van der Waals surface area contributed by atoms with Gasteiger partial charge in [-0.1, -0.05) is 6.07 Å². The van der Waals surface area contributed by atoms with Gasteiger partial charge < -0.3 is 20.1 Å². The fraction of sp³-hybridized carbons (Fsp3) is 0.261. The number of carbonyl (C=O) groups is 1. The highest BCUT2D eigenvalue weighted by Crippen LogP contribution is 2.45. The van der Waals surface area contributed by atoms with Crippen molar-refractivity contribution in [2.24, 2.45) is 0 Å². The number of amides is 1. The van der Waals surface area contributed by atoms with E-state index in [0.717, 1.165) is 10.9 Å². The number of halogens is 3. The molecule has 11 heteroatoms. The summed E-state index contributed by atoms with van der Waals surface area (Å²) in [5, 5.41) is 18.4. The Balaban J connectivity index is 1.68. The van der Waals surface area contributed by atoms with Crippen molar-refractivity contribution < 1.29 is 27.4 Å². The van der Waals surface area contributed by atoms with Crippen LogP contribution in [0.5, 0.6) is 11.5 Å². The molecule has 0 saturated heterocycles. The first-order valence-corrected chi connectivity index (χ1v) is 10.2. The molecule has 0 saturated carbocycles. The van der Waals surface area contributed by atoms with Crippen LogP contribution in [-0.4, -0.2) is 36.1 Å². The number of carbonyl (C=O) groups excluding carboxylic acids is 1. The van der Waals surface area contributed by atoms with E-state index in [4.69, 9.17) is 14.7 Å². The van der Waals surface area contributed by atoms with Crippen molar-refractivity contribution in [2.45, 2.75) is 24.7 Å². The highest BCUT2D eigenvalue weighted by molar-refractivity contribution is 6.07. The van der Waals surface area contributed by atoms with Gasteiger partial charge in [0, 0.05) is 12.1 Å². The molecule has 2 N–H and O–H groups in total. The maximum absolute atomic E-state index is 13.9. The van der Waals surface area contributed by atoms with Crippen LogP contribution in [0.1, 0.15) is 40.0 Å². The Labute approximate surface area is 192 Å². The maximum Gasteiger partial charge on any atom is 0.410 e. The van der Waals surface area contributed by atoms with Gasteiger partial charge in [0.1, 0.15) is 11.4 Å². The van der Waals surface area contributed by atoms with Crippen LogP contribution < -0.4 is 20.1 Å². The Morgan fingerprint density at radius 1 is 1.18 bits per heavy atom. The molecule has 34 heavy (non-hydrogen) atoms. The van der Waals surface area contributed by atoms with Crippen LogP contribution in [0.4, 0.5) is 24.7 Å². The van der Waals surface area contributed by atoms with E-state index in [1.165, 1.54) is 38.5 Å². The number of nitrogens with one attached hydrogen (secondary N) is 2. The minimum Gasteiger partial charge on any atom is -0.493 e. The number of hydrogen-bond donors (Lipinski definition) is 2. The lowest BCUT2D eigenvalue weighted by atomic mass is 9.96. The number of anilines is 2. The zero-order chi connectivity index (χ0) is 24.5. The second kappa shape index (κ2) is 8.97. The zero-order valence-corrected chi connectivity index (χ0v) is 18.2. The lowest BCUT2D eigenvalue weighted by molar-refractivity contribution is -0.173. The lowest BCUT2D eigenvalue weighted by Gasteiger charge is -2.34. The molecule has 176 valence electrons. The van der Waals surface area contributed by atoms with Crippen LogP contribution in [-0.2, 0) is 0 Å². The summed E-state index contributed by atoms with van der Waals surface area (Å²) in [7, 11) is 2.91. The fourth-order valence-corrected chi connectivity index (χ4v) is 3.84. The maximum atomic E-state index is 13.9. The van der Waals surface area contributed by atoms with Crippen molar-refractivity contribution in [3.8, 4) is 17.6 Å². The topological polar surface area (TPSA) is 101 Å². The van der Waals surface area contributed by atoms with Gasteiger partial charge in [0.2, 0.25) is 0 Å². The minimum absolute atomic E-state index is 0.0382. The van der Waals surface area contributed by atoms with E-state index in [2.05, 4.69) is 15.7 Å². The van der Waals surface area contributed by atoms with Gasteiger partial charge in [-0.15, -0.1) is 0 Å². The molecule has 0 bridgehead atoms. The molecule has 2 heterocycles. The average Bonchev–Trinajstić information content (AvgIpc) is 3.27. The number of rotatable bonds is 5. The third-order valence-electron chi connectivity index (χ3n) is 5.56. The van der Waals surface area contributed by atoms with Gasteiger partial charge in [-0.25, -0.2) is 4.68 Å². The van der Waals surface area contributed by atoms with Crippen LogP contribution in [0.25, 0.3) is 0 Å². The Morgan fingerprint density at radius 3 is 2.50 bits per heavy atom. The molecule has 4 rings (SSSR count). The average molecular weight is 471 g/mol. The van der Waals surface area contributed by atoms with Gasteiger partial charge >= 0.3 is 6.18 Å². The van der Waals surface area contributed by atoms with Gasteiger partial charge in [0.25, 0.3) is 5.91 Å². The van der Waals surface area contributed by atoms with E-state index in [1.807, 2.05) is 6.07 Å². The van der Waals surface area contributed by atoms with E-state index >= 15 is 0 Å². The molecule has 0 radical (unpaired) electrons. The standard InChI is InChI=1S/C23H20F3N5O3/c1-33-18-8-5-14(9-19(18)34-2)17-10-20(23(24,25)26)31-21(30-17)16(12-28-31)22(32)29-15-6-3-13(11-27)4-7-15/h3-9,12,17,20,30H,10H2,1-2H3,(H,29,32)/t17-,20-/m0/s1. The van der Waals surface area contributed by atoms with E-state index in [1.54, 1.807) is 18.2 Å². The molecular weight excluding hydrogens is 451 g/mol. The number of ether oxygens (including phenoxy) is 2. The number of nitrogens with zero attached hydrogens (tertiary/aromatic N) is 3. The van der Waals surface area contributed by atoms with E-state index in [9.17, 15) is 18.0 Å². The molecule has 2 atom stereocenters. The summed E-state index contributed by atoms with van der Waals surface area (Å²) in [6.07, 6.45) is -3.81. The normalized spacial score (nSPS) is 17.2. The lowest BCUT2D eigenvalue weighted by Crippen LogP contribution is -2.36. The van der Waals surface area contributed by atoms with Crippen molar-refractivity contribution in [1.82, 2.24) is 9.78 Å². The Kier molecular flexibility index (Phi) is 6.06. The molecule has 0 aliphatic carbocycles. The summed E-state index contributed by atoms with van der Waals surface area (Å²) in [5.41, 5.74) is 1.30. The van der Waals surface area contributed by atoms with Gasteiger partial charge in [-0.3, -0.25) is 4.79 Å². The van der Waals surface area contributed by atoms with Crippen molar-refractivity contribution >= 4 is 17.4 Å². The van der Waals surface area contributed by atoms with E-state index in [-0.39, 0.29) is 17.8 Å². The number of nitriles is 1. The van der Waals surface area contributed by atoms with E-state index in [0.29, 0.717) is 28.3 Å². The van der Waals surface area contributed by atoms with Gasteiger partial charge in [-0.2, -0.15) is 23.5 Å². The minimum atomic E-state index is -4.58. The smallest absolute Gasteiger partial charge is 0.410 e. The number of benzene rings is 2. The zero-order valence-electron chi connectivity index (χ0n) is 18.2. The van der Waals surface area contributed by atoms with E-state index < -0.39 is 24.2 Å². The second-order valence-electron chi connectivity index (χ2n) is 7.60. The van der Waals surface area contributed by atoms with Crippen molar-refractivity contribution in [3.05, 3.63) is 65.4 Å². The number of methoxy groups -OCH3 is 2. The first kappa shape index (κ1) is 23.0. The summed E-state index contributed by atoms with van der Waals surface area (Å²) < 4.78 is 53.1. The summed E-state index contributed by atoms with van der Waals surface area (Å²) in [6, 6.07) is 10.2. The van der Waals surface area contributed by atoms with Gasteiger partial charge in [0.15, 0.2) is 17.5 Å². The predicted molar refractivity (Wildman–Crippen MR) is 117 cm³/mol. The van der Waals surface area contributed by atoms with Crippen molar-refractivity contribution in [1.29, 1.82) is 5.26 Å². The number of hydrogen-bond acceptors (Lipinski definition) is 6. The summed E-state index contributed by atoms with van der Waals surface area (Å²) in [5.74, 6) is 0.150. The first-order chi connectivity index (χ1) is 16.2. The van der Waals surface area contributed by atoms with Crippen LogP contribution >= 0.6 is 0 Å². The summed E-state index contributed by atoms with van der Waals surface area (Å²) in [6.45, 7) is 0. The van der Waals surface area contributed by atoms with Crippen LogP contribution in [0.15, 0.2) is 48.7 Å². The number of aromatic nitrogens is 2. The molecule has 1 aliphatic rings. The Morgan fingerprint density at radius 2 is 1.88 bits per heavy atom. The predicted octanol–water partition coefficient (Wildman–Crippen LogP) is 4.68. The molecule has 8 nitrogen and oxygen atoms in total. The summed E-state index contributed by atoms with van der Waals surface area (Å²) >= 11 is 0. The fourth-order valence-electron chi connectivity index (χ4n) is 3.84. The van der Waals surface area contributed by atoms with Crippen LogP contribution in [0.2, 0.25) is 0 Å². The van der Waals surface area contributed by atoms with Crippen molar-refractivity contribution in [2.75, 3.05) is 24.9 Å². The molecule has 0 unspecified atom stereocenters. The quantitative estimate of drug-likeness (QED) is 0.560. The number of fused-ring (bicyclic) bond motifs is 1. The SMILES string of the molecule is COc1ccc([C@@H]2C[C@@H](C(F)(F)F)n3ncc(C(=O)Nc4ccc(C#N)cc4)c3N2)cc1OC. The van der Waals surface area contributed by atoms with Crippen LogP contribution in [0, 0.1) is 11.3 Å². The van der Waals surface area contributed by atoms with Gasteiger partial charge in [-0.05, 0) is 42.0 Å². The Bertz CT molecular complexity index is 1250. The second-order valence-corrected chi connectivity index (χ2v) is 7.60.